The Hall–Kier alpha value is -1.33. The summed E-state index contributed by atoms with van der Waals surface area (Å²) in [5.41, 5.74) is -2.78. The van der Waals surface area contributed by atoms with Crippen LogP contribution in [0.25, 0.3) is 0 Å². The summed E-state index contributed by atoms with van der Waals surface area (Å²) in [5, 5.41) is 84.1. The number of aliphatic hydroxyl groups is 8. The predicted octanol–water partition coefficient (Wildman–Crippen LogP) is 2.28. The van der Waals surface area contributed by atoms with Crippen LogP contribution >= 0.6 is 0 Å². The van der Waals surface area contributed by atoms with E-state index in [9.17, 15) is 45.6 Å². The fourth-order valence-corrected chi connectivity index (χ4v) is 12.2. The lowest BCUT2D eigenvalue weighted by Gasteiger charge is -2.65. The van der Waals surface area contributed by atoms with Crippen LogP contribution in [0.15, 0.2) is 23.8 Å². The third-order valence-corrected chi connectivity index (χ3v) is 15.8. The number of carbonyl (C=O) groups excluding carboxylic acids is 1. The molecule has 55 heavy (non-hydrogen) atoms. The molecule has 314 valence electrons. The van der Waals surface area contributed by atoms with Crippen molar-refractivity contribution in [2.24, 2.45) is 39.4 Å². The van der Waals surface area contributed by atoms with Gasteiger partial charge in [0, 0.05) is 17.3 Å². The third-order valence-electron chi connectivity index (χ3n) is 15.8. The molecule has 0 spiro atoms. The summed E-state index contributed by atoms with van der Waals surface area (Å²) in [7, 11) is 0. The van der Waals surface area contributed by atoms with Crippen LogP contribution in [-0.4, -0.2) is 132 Å². The number of rotatable bonds is 9. The van der Waals surface area contributed by atoms with Gasteiger partial charge in [0.15, 0.2) is 12.6 Å². The quantitative estimate of drug-likeness (QED) is 0.158. The number of hydrogen-bond acceptors (Lipinski definition) is 13. The Morgan fingerprint density at radius 1 is 0.855 bits per heavy atom. The zero-order valence-electron chi connectivity index (χ0n) is 34.1. The molecule has 0 amide bonds. The highest BCUT2D eigenvalue weighted by atomic mass is 16.7. The van der Waals surface area contributed by atoms with E-state index in [-0.39, 0.29) is 29.0 Å². The number of Topliss-reactive ketones (excluding diaryl/α,β-unsaturated/α-hetero) is 1. The van der Waals surface area contributed by atoms with E-state index in [0.29, 0.717) is 32.1 Å². The molecular formula is C42H68O13. The van der Waals surface area contributed by atoms with Crippen LogP contribution in [0.1, 0.15) is 107 Å². The summed E-state index contributed by atoms with van der Waals surface area (Å²) in [6.07, 6.45) is -2.84. The topological polar surface area (TPSA) is 216 Å². The van der Waals surface area contributed by atoms with Crippen molar-refractivity contribution in [1.82, 2.24) is 0 Å². The normalized spacial score (nSPS) is 49.8. The molecule has 2 saturated heterocycles. The Morgan fingerprint density at radius 3 is 2.15 bits per heavy atom. The van der Waals surface area contributed by atoms with Crippen molar-refractivity contribution in [2.75, 3.05) is 6.61 Å². The second-order valence-corrected chi connectivity index (χ2v) is 19.8. The molecule has 0 unspecified atom stereocenters. The molecule has 2 heterocycles. The van der Waals surface area contributed by atoms with E-state index in [1.807, 2.05) is 19.1 Å². The first-order valence-electron chi connectivity index (χ1n) is 20.3. The average Bonchev–Trinajstić information content (AvgIpc) is 3.38. The van der Waals surface area contributed by atoms with Crippen molar-refractivity contribution in [3.8, 4) is 0 Å². The van der Waals surface area contributed by atoms with E-state index in [0.717, 1.165) is 18.4 Å². The first-order valence-corrected chi connectivity index (χ1v) is 20.3. The Morgan fingerprint density at radius 2 is 1.49 bits per heavy atom. The lowest BCUT2D eigenvalue weighted by Crippen LogP contribution is -2.64. The van der Waals surface area contributed by atoms with Gasteiger partial charge in [-0.1, -0.05) is 58.4 Å². The molecule has 0 radical (unpaired) electrons. The number of allylic oxidation sites excluding steroid dienone is 1. The first kappa shape index (κ1) is 43.3. The predicted molar refractivity (Wildman–Crippen MR) is 200 cm³/mol. The molecule has 18 atom stereocenters. The molecular weight excluding hydrogens is 712 g/mol. The van der Waals surface area contributed by atoms with Crippen LogP contribution in [0.4, 0.5) is 0 Å². The van der Waals surface area contributed by atoms with Gasteiger partial charge < -0.3 is 59.8 Å². The minimum atomic E-state index is -1.53. The molecule has 3 saturated carbocycles. The van der Waals surface area contributed by atoms with Gasteiger partial charge in [-0.2, -0.15) is 0 Å². The number of ketones is 1. The summed E-state index contributed by atoms with van der Waals surface area (Å²) in [4.78, 5) is 14.8. The lowest BCUT2D eigenvalue weighted by atomic mass is 9.38. The summed E-state index contributed by atoms with van der Waals surface area (Å²) >= 11 is 0. The SMILES string of the molecule is C[C@@H]1O[C@@H](OC(C)(C)/C=C/C[C@](C)(O)[C@H]2CC[C@@]3(C)[C@@H]4CC=C5[C@@H](CC[C@H](O[C@@H]6O[C@H](CO)[C@@H](O)[C@H](O)[C@H]6O)C5(C)C)[C@]4(C)C(=O)C[C@]23C)[C@H](O)[C@H](O)[C@H]1O. The second kappa shape index (κ2) is 14.7. The highest BCUT2D eigenvalue weighted by Crippen LogP contribution is 2.74. The molecule has 5 fully saturated rings. The monoisotopic (exact) mass is 780 g/mol. The molecule has 0 bridgehead atoms. The summed E-state index contributed by atoms with van der Waals surface area (Å²) in [6, 6.07) is 0. The van der Waals surface area contributed by atoms with Gasteiger partial charge in [0.2, 0.25) is 0 Å². The summed E-state index contributed by atoms with van der Waals surface area (Å²) in [6.45, 7) is 17.4. The lowest BCUT2D eigenvalue weighted by molar-refractivity contribution is -0.319. The van der Waals surface area contributed by atoms with Gasteiger partial charge in [0.1, 0.15) is 48.5 Å². The smallest absolute Gasteiger partial charge is 0.187 e. The molecule has 0 aromatic heterocycles. The van der Waals surface area contributed by atoms with Crippen molar-refractivity contribution < 1.29 is 64.6 Å². The van der Waals surface area contributed by atoms with Crippen LogP contribution in [0.3, 0.4) is 0 Å². The first-order chi connectivity index (χ1) is 25.4. The van der Waals surface area contributed by atoms with E-state index in [1.54, 1.807) is 20.8 Å². The summed E-state index contributed by atoms with van der Waals surface area (Å²) in [5.74, 6) is 0.101. The standard InChI is InChI=1S/C42H68O13/c1-21-29(45)31(47)34(50)36(52-21)55-37(2,3)16-10-17-41(8,51)25-15-18-39(6)26-13-11-22-23(42(26,9)27(44)19-40(25,39)7)12-14-28(38(22,4)5)54-35-33(49)32(48)30(46)24(20-43)53-35/h10-11,16,21,23-26,28-36,43,45-51H,12-15,17-20H2,1-9H3/b16-10+/t21-,23+,24+,25-,26-,28-,29-,30+,31+,32-,33+,34+,35-,36-,39-,40+,41-,42-/m0/s1. The van der Waals surface area contributed by atoms with Gasteiger partial charge in [-0.25, -0.2) is 0 Å². The van der Waals surface area contributed by atoms with Gasteiger partial charge in [0.05, 0.1) is 30.0 Å². The Labute approximate surface area is 325 Å². The van der Waals surface area contributed by atoms with E-state index in [1.165, 1.54) is 0 Å². The molecule has 0 aromatic carbocycles. The Kier molecular flexibility index (Phi) is 11.6. The van der Waals surface area contributed by atoms with Gasteiger partial charge in [-0.05, 0) is 94.8 Å². The van der Waals surface area contributed by atoms with Crippen LogP contribution in [0.5, 0.6) is 0 Å². The fourth-order valence-electron chi connectivity index (χ4n) is 12.2. The molecule has 0 aromatic rings. The third kappa shape index (κ3) is 6.93. The van der Waals surface area contributed by atoms with Crippen LogP contribution in [0, 0.1) is 39.4 Å². The van der Waals surface area contributed by atoms with Crippen molar-refractivity contribution >= 4 is 5.78 Å². The van der Waals surface area contributed by atoms with E-state index in [4.69, 9.17) is 18.9 Å². The van der Waals surface area contributed by atoms with Crippen LogP contribution < -0.4 is 0 Å². The van der Waals surface area contributed by atoms with Crippen molar-refractivity contribution in [3.05, 3.63) is 23.8 Å². The maximum atomic E-state index is 14.8. The number of fused-ring (bicyclic) bond motifs is 5. The summed E-state index contributed by atoms with van der Waals surface area (Å²) < 4.78 is 23.8. The molecule has 6 aliphatic rings. The fraction of sp³-hybridized carbons (Fsp3) is 0.881. The van der Waals surface area contributed by atoms with Gasteiger partial charge >= 0.3 is 0 Å². The second-order valence-electron chi connectivity index (χ2n) is 19.8. The molecule has 8 N–H and O–H groups in total. The highest BCUT2D eigenvalue weighted by molar-refractivity contribution is 5.88. The van der Waals surface area contributed by atoms with Gasteiger partial charge in [0.25, 0.3) is 0 Å². The molecule has 6 rings (SSSR count). The van der Waals surface area contributed by atoms with Crippen molar-refractivity contribution in [2.45, 2.75) is 186 Å². The zero-order chi connectivity index (χ0) is 40.8. The number of aliphatic hydroxyl groups excluding tert-OH is 7. The number of hydrogen-bond donors (Lipinski definition) is 8. The zero-order valence-corrected chi connectivity index (χ0v) is 34.1. The van der Waals surface area contributed by atoms with Gasteiger partial charge in [-0.3, -0.25) is 4.79 Å². The Bertz CT molecular complexity index is 1490. The van der Waals surface area contributed by atoms with Crippen molar-refractivity contribution in [1.29, 1.82) is 0 Å². The largest absolute Gasteiger partial charge is 0.394 e. The highest BCUT2D eigenvalue weighted by Gasteiger charge is 2.71. The average molecular weight is 781 g/mol. The molecule has 4 aliphatic carbocycles. The minimum Gasteiger partial charge on any atom is -0.394 e. The van der Waals surface area contributed by atoms with Crippen molar-refractivity contribution in [3.63, 3.8) is 0 Å². The Balaban J connectivity index is 1.18. The maximum Gasteiger partial charge on any atom is 0.187 e. The molecule has 13 heteroatoms. The minimum absolute atomic E-state index is 0.0199. The van der Waals surface area contributed by atoms with Gasteiger partial charge in [-0.15, -0.1) is 0 Å². The van der Waals surface area contributed by atoms with E-state index >= 15 is 0 Å². The van der Waals surface area contributed by atoms with E-state index in [2.05, 4.69) is 40.7 Å². The van der Waals surface area contributed by atoms with Crippen LogP contribution in [0.2, 0.25) is 0 Å². The van der Waals surface area contributed by atoms with E-state index < -0.39 is 102 Å². The van der Waals surface area contributed by atoms with Crippen LogP contribution in [-0.2, 0) is 23.7 Å². The molecule has 2 aliphatic heterocycles. The molecule has 13 nitrogen and oxygen atoms in total. The maximum absolute atomic E-state index is 14.8. The number of ether oxygens (including phenoxy) is 4. The number of carbonyl (C=O) groups is 1.